The summed E-state index contributed by atoms with van der Waals surface area (Å²) in [6.07, 6.45) is 1.96. The van der Waals surface area contributed by atoms with E-state index in [-0.39, 0.29) is 25.0 Å². The molecule has 1 atom stereocenters. The minimum Gasteiger partial charge on any atom is -0.465 e. The molecule has 2 amide bonds. The van der Waals surface area contributed by atoms with E-state index in [4.69, 9.17) is 9.47 Å². The number of nitrogens with zero attached hydrogens (tertiary/aromatic N) is 2. The van der Waals surface area contributed by atoms with Gasteiger partial charge >= 0.3 is 5.97 Å². The highest BCUT2D eigenvalue weighted by Crippen LogP contribution is 2.28. The third-order valence-corrected chi connectivity index (χ3v) is 4.06. The maximum Gasteiger partial charge on any atom is 0.326 e. The molecule has 26 heavy (non-hydrogen) atoms. The van der Waals surface area contributed by atoms with Crippen LogP contribution in [0.15, 0.2) is 36.5 Å². The summed E-state index contributed by atoms with van der Waals surface area (Å²) in [5, 5.41) is 0. The van der Waals surface area contributed by atoms with Crippen LogP contribution in [0, 0.1) is 0 Å². The Labute approximate surface area is 153 Å². The molecule has 0 radical (unpaired) electrons. The highest BCUT2D eigenvalue weighted by atomic mass is 16.5. The highest BCUT2D eigenvalue weighted by molar-refractivity contribution is 5.98. The van der Waals surface area contributed by atoms with Crippen LogP contribution in [-0.4, -0.2) is 60.5 Å². The third-order valence-electron chi connectivity index (χ3n) is 4.06. The van der Waals surface area contributed by atoms with Crippen molar-refractivity contribution in [3.63, 3.8) is 0 Å². The Kier molecular flexibility index (Phi) is 6.91. The van der Waals surface area contributed by atoms with Crippen molar-refractivity contribution in [2.24, 2.45) is 0 Å². The summed E-state index contributed by atoms with van der Waals surface area (Å²) in [4.78, 5) is 40.0. The molecule has 1 aromatic carbocycles. The Balaban J connectivity index is 2.45. The second-order valence-corrected chi connectivity index (χ2v) is 5.83. The SMILES string of the molecule is CCOC(=O)CN1C(=O)C(CCOC)N(C(C)=O)C=C1c1ccccc1. The predicted octanol–water partition coefficient (Wildman–Crippen LogP) is 1.64. The lowest BCUT2D eigenvalue weighted by Crippen LogP contribution is -2.53. The van der Waals surface area contributed by atoms with Crippen LogP contribution >= 0.6 is 0 Å². The quantitative estimate of drug-likeness (QED) is 0.691. The van der Waals surface area contributed by atoms with Gasteiger partial charge in [0.1, 0.15) is 12.6 Å². The molecule has 7 nitrogen and oxygen atoms in total. The van der Waals surface area contributed by atoms with Gasteiger partial charge in [0.05, 0.1) is 12.3 Å². The van der Waals surface area contributed by atoms with Gasteiger partial charge in [-0.25, -0.2) is 0 Å². The molecule has 140 valence electrons. The van der Waals surface area contributed by atoms with Gasteiger partial charge in [-0.2, -0.15) is 0 Å². The van der Waals surface area contributed by atoms with E-state index in [0.717, 1.165) is 5.56 Å². The molecule has 1 aliphatic rings. The fourth-order valence-electron chi connectivity index (χ4n) is 2.85. The zero-order valence-corrected chi connectivity index (χ0v) is 15.3. The first-order chi connectivity index (χ1) is 12.5. The number of ether oxygens (including phenoxy) is 2. The number of esters is 1. The van der Waals surface area contributed by atoms with E-state index in [2.05, 4.69) is 0 Å². The number of hydrogen-bond donors (Lipinski definition) is 0. The first kappa shape index (κ1) is 19.7. The maximum absolute atomic E-state index is 13.1. The average Bonchev–Trinajstić information content (AvgIpc) is 2.63. The molecule has 0 N–H and O–H groups in total. The average molecular weight is 360 g/mol. The fourth-order valence-corrected chi connectivity index (χ4v) is 2.85. The van der Waals surface area contributed by atoms with E-state index in [1.807, 2.05) is 30.3 Å². The van der Waals surface area contributed by atoms with Crippen molar-refractivity contribution in [3.05, 3.63) is 42.1 Å². The summed E-state index contributed by atoms with van der Waals surface area (Å²) >= 11 is 0. The summed E-state index contributed by atoms with van der Waals surface area (Å²) in [5.74, 6) is -1.07. The normalized spacial score (nSPS) is 17.1. The van der Waals surface area contributed by atoms with Gasteiger partial charge in [-0.1, -0.05) is 30.3 Å². The summed E-state index contributed by atoms with van der Waals surface area (Å²) in [7, 11) is 1.53. The summed E-state index contributed by atoms with van der Waals surface area (Å²) < 4.78 is 10.1. The smallest absolute Gasteiger partial charge is 0.326 e. The van der Waals surface area contributed by atoms with Crippen LogP contribution in [0.1, 0.15) is 25.8 Å². The number of benzene rings is 1. The van der Waals surface area contributed by atoms with Crippen LogP contribution in [0.5, 0.6) is 0 Å². The van der Waals surface area contributed by atoms with E-state index in [9.17, 15) is 14.4 Å². The molecule has 1 aliphatic heterocycles. The third kappa shape index (κ3) is 4.49. The topological polar surface area (TPSA) is 76.2 Å². The molecule has 0 aromatic heterocycles. The van der Waals surface area contributed by atoms with Gasteiger partial charge in [-0.05, 0) is 12.5 Å². The van der Waals surface area contributed by atoms with Gasteiger partial charge < -0.3 is 14.4 Å². The molecule has 7 heteroatoms. The Morgan fingerprint density at radius 1 is 1.19 bits per heavy atom. The second-order valence-electron chi connectivity index (χ2n) is 5.83. The fraction of sp³-hybridized carbons (Fsp3) is 0.421. The van der Waals surface area contributed by atoms with Crippen molar-refractivity contribution in [2.75, 3.05) is 26.9 Å². The van der Waals surface area contributed by atoms with Crippen molar-refractivity contribution in [1.82, 2.24) is 9.80 Å². The van der Waals surface area contributed by atoms with Crippen molar-refractivity contribution in [2.45, 2.75) is 26.3 Å². The van der Waals surface area contributed by atoms with E-state index in [1.165, 1.54) is 23.8 Å². The summed E-state index contributed by atoms with van der Waals surface area (Å²) in [6.45, 7) is 3.47. The molecular formula is C19H24N2O5. The zero-order valence-electron chi connectivity index (χ0n) is 15.3. The Morgan fingerprint density at radius 2 is 1.88 bits per heavy atom. The second kappa shape index (κ2) is 9.15. The molecule has 2 rings (SSSR count). The summed E-state index contributed by atoms with van der Waals surface area (Å²) in [5.41, 5.74) is 1.23. The van der Waals surface area contributed by atoms with Crippen molar-refractivity contribution < 1.29 is 23.9 Å². The molecular weight excluding hydrogens is 336 g/mol. The van der Waals surface area contributed by atoms with E-state index < -0.39 is 12.0 Å². The maximum atomic E-state index is 13.1. The van der Waals surface area contributed by atoms with Crippen LogP contribution in [0.3, 0.4) is 0 Å². The molecule has 0 aliphatic carbocycles. The summed E-state index contributed by atoms with van der Waals surface area (Å²) in [6, 6.07) is 8.45. The first-order valence-corrected chi connectivity index (χ1v) is 8.51. The van der Waals surface area contributed by atoms with E-state index >= 15 is 0 Å². The van der Waals surface area contributed by atoms with Gasteiger partial charge in [0.25, 0.3) is 5.91 Å². The molecule has 1 aromatic rings. The molecule has 0 saturated heterocycles. The number of rotatable bonds is 7. The molecule has 1 unspecified atom stereocenters. The lowest BCUT2D eigenvalue weighted by atomic mass is 10.0. The van der Waals surface area contributed by atoms with Crippen LogP contribution in [0.4, 0.5) is 0 Å². The lowest BCUT2D eigenvalue weighted by Gasteiger charge is -2.38. The van der Waals surface area contributed by atoms with Crippen molar-refractivity contribution in [3.8, 4) is 0 Å². The number of methoxy groups -OCH3 is 1. The predicted molar refractivity (Wildman–Crippen MR) is 95.6 cm³/mol. The van der Waals surface area contributed by atoms with Gasteiger partial charge in [-0.3, -0.25) is 19.3 Å². The van der Waals surface area contributed by atoms with Gasteiger partial charge in [0.15, 0.2) is 0 Å². The standard InChI is InChI=1S/C19H24N2O5/c1-4-26-18(23)13-21-17(15-8-6-5-7-9-15)12-20(14(2)22)16(19(21)24)10-11-25-3/h5-9,12,16H,4,10-11,13H2,1-3H3. The lowest BCUT2D eigenvalue weighted by molar-refractivity contribution is -0.150. The van der Waals surface area contributed by atoms with Crippen LogP contribution in [-0.2, 0) is 23.9 Å². The largest absolute Gasteiger partial charge is 0.465 e. The van der Waals surface area contributed by atoms with E-state index in [0.29, 0.717) is 18.7 Å². The van der Waals surface area contributed by atoms with Gasteiger partial charge in [0.2, 0.25) is 5.91 Å². The number of carbonyl (C=O) groups is 3. The van der Waals surface area contributed by atoms with Crippen LogP contribution in [0.2, 0.25) is 0 Å². The van der Waals surface area contributed by atoms with Crippen LogP contribution in [0.25, 0.3) is 5.70 Å². The molecule has 0 saturated carbocycles. The Bertz CT molecular complexity index is 686. The number of amides is 2. The minimum absolute atomic E-state index is 0.206. The van der Waals surface area contributed by atoms with Crippen molar-refractivity contribution in [1.29, 1.82) is 0 Å². The van der Waals surface area contributed by atoms with Crippen molar-refractivity contribution >= 4 is 23.5 Å². The van der Waals surface area contributed by atoms with Crippen LogP contribution < -0.4 is 0 Å². The minimum atomic E-state index is -0.714. The van der Waals surface area contributed by atoms with Gasteiger partial charge in [-0.15, -0.1) is 0 Å². The monoisotopic (exact) mass is 360 g/mol. The Morgan fingerprint density at radius 3 is 2.46 bits per heavy atom. The zero-order chi connectivity index (χ0) is 19.1. The molecule has 0 spiro atoms. The molecule has 1 heterocycles. The molecule has 0 fully saturated rings. The Hall–Kier alpha value is -2.67. The highest BCUT2D eigenvalue weighted by Gasteiger charge is 2.38. The number of carbonyl (C=O) groups excluding carboxylic acids is 3. The van der Waals surface area contributed by atoms with Gasteiger partial charge in [0, 0.05) is 33.3 Å². The number of hydrogen-bond acceptors (Lipinski definition) is 5. The first-order valence-electron chi connectivity index (χ1n) is 8.51. The molecule has 0 bridgehead atoms. The van der Waals surface area contributed by atoms with E-state index in [1.54, 1.807) is 13.1 Å².